The lowest BCUT2D eigenvalue weighted by Crippen LogP contribution is -2.45. The summed E-state index contributed by atoms with van der Waals surface area (Å²) in [5.74, 6) is -0.0360. The average Bonchev–Trinajstić information content (AvgIpc) is 3.19. The van der Waals surface area contributed by atoms with Gasteiger partial charge in [-0.2, -0.15) is 0 Å². The van der Waals surface area contributed by atoms with Crippen LogP contribution in [0.25, 0.3) is 0 Å². The molecule has 0 spiro atoms. The van der Waals surface area contributed by atoms with Crippen LogP contribution in [0, 0.1) is 0 Å². The molecule has 0 rings (SSSR count). The summed E-state index contributed by atoms with van der Waals surface area (Å²) in [6.07, 6.45) is 60.4. The Balaban J connectivity index is 3.42. The van der Waals surface area contributed by atoms with Crippen LogP contribution in [0.5, 0.6) is 0 Å². The van der Waals surface area contributed by atoms with Crippen LogP contribution in [0.2, 0.25) is 0 Å². The molecule has 2 atom stereocenters. The van der Waals surface area contributed by atoms with Crippen molar-refractivity contribution >= 4 is 5.91 Å². The zero-order chi connectivity index (χ0) is 40.0. The van der Waals surface area contributed by atoms with Crippen molar-refractivity contribution in [1.29, 1.82) is 0 Å². The molecule has 4 nitrogen and oxygen atoms in total. The van der Waals surface area contributed by atoms with Gasteiger partial charge < -0.3 is 15.5 Å². The Kier molecular flexibility index (Phi) is 46.8. The number of aliphatic hydroxyl groups is 2. The molecule has 328 valence electrons. The quantitative estimate of drug-likeness (QED) is 0.0426. The van der Waals surface area contributed by atoms with Gasteiger partial charge in [0, 0.05) is 6.42 Å². The topological polar surface area (TPSA) is 69.6 Å². The maximum atomic E-state index is 12.4. The third-order valence-corrected chi connectivity index (χ3v) is 12.0. The van der Waals surface area contributed by atoms with Crippen molar-refractivity contribution in [3.63, 3.8) is 0 Å². The van der Waals surface area contributed by atoms with E-state index < -0.39 is 12.1 Å². The van der Waals surface area contributed by atoms with Crippen molar-refractivity contribution in [3.05, 3.63) is 12.2 Å². The van der Waals surface area contributed by atoms with E-state index in [1.54, 1.807) is 0 Å². The Morgan fingerprint density at radius 2 is 0.691 bits per heavy atom. The maximum absolute atomic E-state index is 12.4. The van der Waals surface area contributed by atoms with Gasteiger partial charge in [0.1, 0.15) is 0 Å². The predicted octanol–water partition coefficient (Wildman–Crippen LogP) is 16.2. The highest BCUT2D eigenvalue weighted by Crippen LogP contribution is 2.17. The van der Waals surface area contributed by atoms with Crippen molar-refractivity contribution in [2.24, 2.45) is 0 Å². The lowest BCUT2D eigenvalue weighted by atomic mass is 10.0. The fraction of sp³-hybridized carbons (Fsp3) is 0.941. The number of unbranched alkanes of at least 4 members (excludes halogenated alkanes) is 38. The molecule has 0 saturated heterocycles. The fourth-order valence-electron chi connectivity index (χ4n) is 8.12. The number of hydrogen-bond donors (Lipinski definition) is 3. The molecule has 0 bridgehead atoms. The highest BCUT2D eigenvalue weighted by Gasteiger charge is 2.20. The van der Waals surface area contributed by atoms with E-state index >= 15 is 0 Å². The molecule has 3 N–H and O–H groups in total. The molecule has 4 heteroatoms. The lowest BCUT2D eigenvalue weighted by Gasteiger charge is -2.22. The zero-order valence-electron chi connectivity index (χ0n) is 37.7. The Morgan fingerprint density at radius 3 is 1.00 bits per heavy atom. The summed E-state index contributed by atoms with van der Waals surface area (Å²) in [4.78, 5) is 12.4. The molecule has 0 aliphatic rings. The van der Waals surface area contributed by atoms with Crippen LogP contribution in [0.15, 0.2) is 12.2 Å². The number of hydrogen-bond acceptors (Lipinski definition) is 3. The number of amides is 1. The highest BCUT2D eigenvalue weighted by atomic mass is 16.3. The molecule has 0 aromatic carbocycles. The first-order valence-electron chi connectivity index (χ1n) is 25.4. The summed E-state index contributed by atoms with van der Waals surface area (Å²) >= 11 is 0. The second-order valence-corrected chi connectivity index (χ2v) is 17.6. The number of nitrogens with one attached hydrogen (secondary N) is 1. The van der Waals surface area contributed by atoms with Gasteiger partial charge in [0.15, 0.2) is 0 Å². The smallest absolute Gasteiger partial charge is 0.220 e. The molecule has 1 amide bonds. The average molecular weight is 776 g/mol. The van der Waals surface area contributed by atoms with Crippen molar-refractivity contribution in [1.82, 2.24) is 5.32 Å². The minimum atomic E-state index is -0.660. The minimum Gasteiger partial charge on any atom is -0.394 e. The third-order valence-electron chi connectivity index (χ3n) is 12.0. The van der Waals surface area contributed by atoms with Crippen molar-refractivity contribution in [2.75, 3.05) is 6.61 Å². The largest absolute Gasteiger partial charge is 0.394 e. The molecular formula is C51H101NO3. The van der Waals surface area contributed by atoms with Gasteiger partial charge >= 0.3 is 0 Å². The summed E-state index contributed by atoms with van der Waals surface area (Å²) in [5.41, 5.74) is 0. The third kappa shape index (κ3) is 44.1. The number of carbonyl (C=O) groups is 1. The van der Waals surface area contributed by atoms with Crippen LogP contribution < -0.4 is 5.32 Å². The first kappa shape index (κ1) is 54.1. The molecule has 0 heterocycles. The van der Waals surface area contributed by atoms with E-state index in [-0.39, 0.29) is 12.5 Å². The van der Waals surface area contributed by atoms with E-state index in [1.165, 1.54) is 238 Å². The Bertz CT molecular complexity index is 754. The predicted molar refractivity (Wildman–Crippen MR) is 244 cm³/mol. The Labute approximate surface area is 346 Å². The summed E-state index contributed by atoms with van der Waals surface area (Å²) in [5, 5.41) is 23.2. The van der Waals surface area contributed by atoms with Crippen molar-refractivity contribution in [2.45, 2.75) is 302 Å². The number of rotatable bonds is 47. The number of allylic oxidation sites excluding steroid dienone is 2. The van der Waals surface area contributed by atoms with Crippen LogP contribution in [0.3, 0.4) is 0 Å². The maximum Gasteiger partial charge on any atom is 0.220 e. The van der Waals surface area contributed by atoms with Gasteiger partial charge in [0.2, 0.25) is 5.91 Å². The van der Waals surface area contributed by atoms with Gasteiger partial charge in [-0.25, -0.2) is 0 Å². The minimum absolute atomic E-state index is 0.0360. The van der Waals surface area contributed by atoms with Gasteiger partial charge in [-0.1, -0.05) is 257 Å². The summed E-state index contributed by atoms with van der Waals surface area (Å²) in [7, 11) is 0. The molecule has 0 aromatic heterocycles. The van der Waals surface area contributed by atoms with Crippen LogP contribution in [0.4, 0.5) is 0 Å². The van der Waals surface area contributed by atoms with Crippen LogP contribution in [-0.2, 0) is 4.79 Å². The summed E-state index contributed by atoms with van der Waals surface area (Å²) in [6.45, 7) is 4.37. The van der Waals surface area contributed by atoms with Gasteiger partial charge in [-0.15, -0.1) is 0 Å². The summed E-state index contributed by atoms with van der Waals surface area (Å²) < 4.78 is 0. The summed E-state index contributed by atoms with van der Waals surface area (Å²) in [6, 6.07) is -0.537. The Morgan fingerprint density at radius 1 is 0.418 bits per heavy atom. The molecule has 55 heavy (non-hydrogen) atoms. The number of aliphatic hydroxyl groups excluding tert-OH is 2. The number of carbonyl (C=O) groups excluding carboxylic acids is 1. The molecule has 0 radical (unpaired) electrons. The lowest BCUT2D eigenvalue weighted by molar-refractivity contribution is -0.123. The first-order chi connectivity index (χ1) is 27.2. The molecule has 2 unspecified atom stereocenters. The van der Waals surface area contributed by atoms with E-state index in [1.807, 2.05) is 0 Å². The second-order valence-electron chi connectivity index (χ2n) is 17.6. The van der Waals surface area contributed by atoms with Crippen LogP contribution in [0.1, 0.15) is 290 Å². The Hall–Kier alpha value is -0.870. The van der Waals surface area contributed by atoms with Crippen molar-refractivity contribution in [3.8, 4) is 0 Å². The molecular weight excluding hydrogens is 675 g/mol. The monoisotopic (exact) mass is 776 g/mol. The van der Waals surface area contributed by atoms with Gasteiger partial charge in [-0.05, 0) is 38.5 Å². The first-order valence-corrected chi connectivity index (χ1v) is 25.4. The van der Waals surface area contributed by atoms with Crippen LogP contribution in [-0.4, -0.2) is 34.9 Å². The molecule has 0 fully saturated rings. The molecule has 0 aliphatic heterocycles. The van der Waals surface area contributed by atoms with Crippen molar-refractivity contribution < 1.29 is 15.0 Å². The van der Waals surface area contributed by atoms with Gasteiger partial charge in [0.25, 0.3) is 0 Å². The standard InChI is InChI=1S/C51H101NO3/c1-3-5-7-9-11-13-15-17-19-20-21-22-23-24-25-26-27-28-29-30-31-33-34-36-38-40-42-44-46-50(54)49(48-53)52-51(55)47-45-43-41-39-37-35-32-18-16-14-12-10-8-6-4-2/h18,32,49-50,53-54H,3-17,19-31,33-48H2,1-2H3,(H,52,55)/b32-18-. The molecule has 0 aliphatic carbocycles. The van der Waals surface area contributed by atoms with Gasteiger partial charge in [0.05, 0.1) is 18.8 Å². The van der Waals surface area contributed by atoms with E-state index in [9.17, 15) is 15.0 Å². The van der Waals surface area contributed by atoms with E-state index in [0.717, 1.165) is 25.7 Å². The van der Waals surface area contributed by atoms with E-state index in [0.29, 0.717) is 12.8 Å². The fourth-order valence-corrected chi connectivity index (χ4v) is 8.12. The zero-order valence-corrected chi connectivity index (χ0v) is 37.7. The second kappa shape index (κ2) is 47.5. The SMILES string of the molecule is CCCCCCCC/C=C\CCCCCCCC(=O)NC(CO)C(O)CCCCCCCCCCCCCCCCCCCCCCCCCCCCCC. The normalized spacial score (nSPS) is 12.9. The van der Waals surface area contributed by atoms with E-state index in [2.05, 4.69) is 31.3 Å². The van der Waals surface area contributed by atoms with Crippen LogP contribution >= 0.6 is 0 Å². The molecule has 0 saturated carbocycles. The van der Waals surface area contributed by atoms with Gasteiger partial charge in [-0.3, -0.25) is 4.79 Å². The molecule has 0 aromatic rings. The highest BCUT2D eigenvalue weighted by molar-refractivity contribution is 5.76. The van der Waals surface area contributed by atoms with E-state index in [4.69, 9.17) is 0 Å².